The van der Waals surface area contributed by atoms with Crippen LogP contribution in [-0.2, 0) is 15.1 Å². The number of halogens is 2. The molecule has 0 amide bonds. The molecule has 9 heteroatoms. The Labute approximate surface area is 165 Å². The van der Waals surface area contributed by atoms with Crippen molar-refractivity contribution in [3.63, 3.8) is 0 Å². The van der Waals surface area contributed by atoms with Crippen molar-refractivity contribution in [1.82, 2.24) is 4.98 Å². The molecule has 0 N–H and O–H groups in total. The van der Waals surface area contributed by atoms with Crippen molar-refractivity contribution < 1.29 is 14.3 Å². The SMILES string of the molecule is CCOC(=O)CC1(N=[N+]=[N-])c2cc(I)ccc2Oc2ncc(Br)cc21. The molecule has 0 saturated heterocycles. The Morgan fingerprint density at radius 3 is 3.00 bits per heavy atom. The van der Waals surface area contributed by atoms with Crippen LogP contribution >= 0.6 is 38.5 Å². The standard InChI is InChI=1S/C16H12BrIN4O3/c1-2-24-14(23)7-16(21-22-19)11-6-10(18)3-4-13(11)25-15-12(16)5-9(17)8-20-15/h3-6,8H,2,7H2,1H3. The third-order valence-corrected chi connectivity index (χ3v) is 4.88. The second-order valence-corrected chi connectivity index (χ2v) is 7.44. The largest absolute Gasteiger partial charge is 0.466 e. The summed E-state index contributed by atoms with van der Waals surface area (Å²) in [5.41, 5.74) is 9.08. The summed E-state index contributed by atoms with van der Waals surface area (Å²) in [5, 5.41) is 4.04. The lowest BCUT2D eigenvalue weighted by molar-refractivity contribution is -0.144. The zero-order chi connectivity index (χ0) is 18.0. The van der Waals surface area contributed by atoms with E-state index < -0.39 is 11.5 Å². The van der Waals surface area contributed by atoms with Gasteiger partial charge >= 0.3 is 5.97 Å². The van der Waals surface area contributed by atoms with E-state index in [1.165, 1.54) is 0 Å². The van der Waals surface area contributed by atoms with Gasteiger partial charge in [-0.15, -0.1) is 0 Å². The van der Waals surface area contributed by atoms with Gasteiger partial charge < -0.3 is 9.47 Å². The summed E-state index contributed by atoms with van der Waals surface area (Å²) in [6.07, 6.45) is 1.44. The molecule has 2 heterocycles. The predicted molar refractivity (Wildman–Crippen MR) is 102 cm³/mol. The topological polar surface area (TPSA) is 97.2 Å². The molecule has 0 aliphatic carbocycles. The summed E-state index contributed by atoms with van der Waals surface area (Å²) in [6.45, 7) is 1.97. The van der Waals surface area contributed by atoms with Gasteiger partial charge in [0.1, 0.15) is 11.3 Å². The zero-order valence-corrected chi connectivity index (χ0v) is 16.8. The fourth-order valence-corrected chi connectivity index (χ4v) is 3.62. The Balaban J connectivity index is 2.30. The number of nitrogens with zero attached hydrogens (tertiary/aromatic N) is 4. The predicted octanol–water partition coefficient (Wildman–Crippen LogP) is 5.06. The molecule has 0 fully saturated rings. The van der Waals surface area contributed by atoms with Gasteiger partial charge in [0, 0.05) is 30.3 Å². The number of fused-ring (bicyclic) bond motifs is 2. The maximum absolute atomic E-state index is 12.3. The molecule has 1 unspecified atom stereocenters. The second-order valence-electron chi connectivity index (χ2n) is 5.28. The summed E-state index contributed by atoms with van der Waals surface area (Å²) in [6, 6.07) is 7.23. The highest BCUT2D eigenvalue weighted by Crippen LogP contribution is 2.51. The number of hydrogen-bond acceptors (Lipinski definition) is 5. The molecule has 25 heavy (non-hydrogen) atoms. The van der Waals surface area contributed by atoms with Crippen LogP contribution < -0.4 is 4.74 Å². The lowest BCUT2D eigenvalue weighted by Crippen LogP contribution is -2.33. The Kier molecular flexibility index (Phi) is 5.16. The van der Waals surface area contributed by atoms with Crippen LogP contribution in [0.2, 0.25) is 0 Å². The molecule has 1 atom stereocenters. The van der Waals surface area contributed by atoms with Crippen molar-refractivity contribution >= 4 is 44.5 Å². The van der Waals surface area contributed by atoms with Crippen molar-refractivity contribution in [3.8, 4) is 11.6 Å². The molecular formula is C16H12BrIN4O3. The number of esters is 1. The van der Waals surface area contributed by atoms with E-state index in [4.69, 9.17) is 9.47 Å². The molecule has 2 aromatic rings. The molecule has 1 aliphatic heterocycles. The number of carbonyl (C=O) groups excluding carboxylic acids is 1. The van der Waals surface area contributed by atoms with Crippen LogP contribution in [0.15, 0.2) is 40.0 Å². The van der Waals surface area contributed by atoms with Crippen LogP contribution in [0, 0.1) is 3.57 Å². The molecule has 7 nitrogen and oxygen atoms in total. The van der Waals surface area contributed by atoms with Crippen molar-refractivity contribution in [3.05, 3.63) is 60.1 Å². The Hall–Kier alpha value is -1.84. The smallest absolute Gasteiger partial charge is 0.307 e. The quantitative estimate of drug-likeness (QED) is 0.187. The first-order chi connectivity index (χ1) is 12.0. The van der Waals surface area contributed by atoms with Gasteiger partial charge in [0.05, 0.1) is 13.0 Å². The van der Waals surface area contributed by atoms with Crippen LogP contribution in [-0.4, -0.2) is 17.6 Å². The van der Waals surface area contributed by atoms with Gasteiger partial charge in [0.15, 0.2) is 0 Å². The molecule has 1 aliphatic rings. The molecule has 1 aromatic heterocycles. The van der Waals surface area contributed by atoms with Gasteiger partial charge in [-0.25, -0.2) is 4.98 Å². The Morgan fingerprint density at radius 2 is 2.28 bits per heavy atom. The highest BCUT2D eigenvalue weighted by molar-refractivity contribution is 14.1. The zero-order valence-electron chi connectivity index (χ0n) is 13.1. The molecular weight excluding hydrogens is 503 g/mol. The first kappa shape index (κ1) is 18.0. The average molecular weight is 515 g/mol. The minimum atomic E-state index is -1.29. The molecule has 0 radical (unpaired) electrons. The van der Waals surface area contributed by atoms with Gasteiger partial charge in [0.25, 0.3) is 0 Å². The van der Waals surface area contributed by atoms with Gasteiger partial charge in [-0.05, 0) is 75.2 Å². The van der Waals surface area contributed by atoms with Crippen molar-refractivity contribution in [2.45, 2.75) is 18.9 Å². The lowest BCUT2D eigenvalue weighted by atomic mass is 9.79. The minimum Gasteiger partial charge on any atom is -0.466 e. The number of rotatable bonds is 4. The van der Waals surface area contributed by atoms with Crippen molar-refractivity contribution in [2.75, 3.05) is 6.61 Å². The maximum Gasteiger partial charge on any atom is 0.307 e. The number of hydrogen-bond donors (Lipinski definition) is 0. The monoisotopic (exact) mass is 514 g/mol. The third-order valence-electron chi connectivity index (χ3n) is 3.78. The van der Waals surface area contributed by atoms with E-state index in [0.717, 1.165) is 3.57 Å². The maximum atomic E-state index is 12.3. The number of benzene rings is 1. The highest BCUT2D eigenvalue weighted by Gasteiger charge is 2.45. The van der Waals surface area contributed by atoms with E-state index in [0.29, 0.717) is 27.2 Å². The summed E-state index contributed by atoms with van der Waals surface area (Å²) in [7, 11) is 0. The average Bonchev–Trinajstić information content (AvgIpc) is 2.57. The minimum absolute atomic E-state index is 0.146. The number of ether oxygens (including phenoxy) is 2. The lowest BCUT2D eigenvalue weighted by Gasteiger charge is -2.35. The normalized spacial score (nSPS) is 17.6. The summed E-state index contributed by atoms with van der Waals surface area (Å²) in [5.74, 6) is 0.334. The summed E-state index contributed by atoms with van der Waals surface area (Å²) < 4.78 is 12.6. The number of pyridine rings is 1. The van der Waals surface area contributed by atoms with E-state index in [2.05, 4.69) is 53.5 Å². The van der Waals surface area contributed by atoms with E-state index in [-0.39, 0.29) is 13.0 Å². The fourth-order valence-electron chi connectivity index (χ4n) is 2.80. The number of aromatic nitrogens is 1. The molecule has 0 bridgehead atoms. The Morgan fingerprint density at radius 1 is 1.48 bits per heavy atom. The van der Waals surface area contributed by atoms with Gasteiger partial charge in [0.2, 0.25) is 5.88 Å². The first-order valence-electron chi connectivity index (χ1n) is 7.36. The van der Waals surface area contributed by atoms with Gasteiger partial charge in [-0.2, -0.15) is 0 Å². The van der Waals surface area contributed by atoms with E-state index in [1.807, 2.05) is 12.1 Å². The highest BCUT2D eigenvalue weighted by atomic mass is 127. The van der Waals surface area contributed by atoms with Crippen LogP contribution in [0.1, 0.15) is 24.5 Å². The summed E-state index contributed by atoms with van der Waals surface area (Å²) in [4.78, 5) is 19.6. The van der Waals surface area contributed by atoms with Crippen LogP contribution in [0.4, 0.5) is 0 Å². The van der Waals surface area contributed by atoms with E-state index >= 15 is 0 Å². The van der Waals surface area contributed by atoms with Crippen molar-refractivity contribution in [2.24, 2.45) is 5.11 Å². The number of carbonyl (C=O) groups is 1. The molecule has 0 saturated carbocycles. The van der Waals surface area contributed by atoms with E-state index in [1.54, 1.807) is 25.3 Å². The molecule has 0 spiro atoms. The number of azide groups is 1. The Bertz CT molecular complexity index is 847. The second kappa shape index (κ2) is 7.19. The van der Waals surface area contributed by atoms with Crippen LogP contribution in [0.5, 0.6) is 11.6 Å². The molecule has 1 aromatic carbocycles. The van der Waals surface area contributed by atoms with E-state index in [9.17, 15) is 10.3 Å². The fraction of sp³-hybridized carbons (Fsp3) is 0.250. The van der Waals surface area contributed by atoms with Crippen molar-refractivity contribution in [1.29, 1.82) is 0 Å². The van der Waals surface area contributed by atoms with Gasteiger partial charge in [-0.1, -0.05) is 5.11 Å². The first-order valence-corrected chi connectivity index (χ1v) is 9.23. The molecule has 3 rings (SSSR count). The van der Waals surface area contributed by atoms with Gasteiger partial charge in [-0.3, -0.25) is 4.79 Å². The van der Waals surface area contributed by atoms with Crippen LogP contribution in [0.3, 0.4) is 0 Å². The summed E-state index contributed by atoms with van der Waals surface area (Å²) >= 11 is 5.53. The van der Waals surface area contributed by atoms with Crippen LogP contribution in [0.25, 0.3) is 10.4 Å². The molecule has 128 valence electrons. The third kappa shape index (κ3) is 3.31.